The number of hydrogen-bond donors (Lipinski definition) is 1. The largest absolute Gasteiger partial charge is 0.493 e. The second-order valence-corrected chi connectivity index (χ2v) is 5.69. The van der Waals surface area contributed by atoms with Gasteiger partial charge in [0.05, 0.1) is 12.4 Å². The van der Waals surface area contributed by atoms with E-state index in [9.17, 15) is 5.11 Å². The van der Waals surface area contributed by atoms with Gasteiger partial charge < -0.3 is 14.7 Å². The summed E-state index contributed by atoms with van der Waals surface area (Å²) in [7, 11) is 1.84. The van der Waals surface area contributed by atoms with Gasteiger partial charge in [0.15, 0.2) is 5.75 Å². The van der Waals surface area contributed by atoms with Crippen molar-refractivity contribution in [3.63, 3.8) is 0 Å². The Morgan fingerprint density at radius 2 is 1.58 bits per heavy atom. The van der Waals surface area contributed by atoms with Gasteiger partial charge in [0.25, 0.3) is 0 Å². The molecule has 26 heavy (non-hydrogen) atoms. The molecule has 0 spiro atoms. The van der Waals surface area contributed by atoms with Crippen molar-refractivity contribution in [1.29, 1.82) is 0 Å². The lowest BCUT2D eigenvalue weighted by atomic mass is 10.2. The third kappa shape index (κ3) is 3.00. The van der Waals surface area contributed by atoms with Gasteiger partial charge >= 0.3 is 0 Å². The van der Waals surface area contributed by atoms with Crippen molar-refractivity contribution in [2.75, 3.05) is 11.9 Å². The summed E-state index contributed by atoms with van der Waals surface area (Å²) < 4.78 is 5.84. The van der Waals surface area contributed by atoms with Gasteiger partial charge in [0.1, 0.15) is 16.7 Å². The third-order valence-corrected chi connectivity index (χ3v) is 3.96. The fraction of sp³-hybridized carbons (Fsp3) is 0.0500. The number of aromatic nitrogens is 3. The Hall–Kier alpha value is -3.67. The van der Waals surface area contributed by atoms with Gasteiger partial charge in [0.2, 0.25) is 11.8 Å². The van der Waals surface area contributed by atoms with Gasteiger partial charge in [-0.05, 0) is 24.3 Å². The molecule has 0 saturated heterocycles. The molecule has 0 unspecified atom stereocenters. The molecule has 2 heterocycles. The van der Waals surface area contributed by atoms with Crippen LogP contribution in [0.5, 0.6) is 17.4 Å². The Morgan fingerprint density at radius 1 is 0.885 bits per heavy atom. The zero-order valence-corrected chi connectivity index (χ0v) is 14.1. The van der Waals surface area contributed by atoms with Crippen LogP contribution in [-0.4, -0.2) is 27.1 Å². The fourth-order valence-electron chi connectivity index (χ4n) is 2.63. The average molecular weight is 344 g/mol. The van der Waals surface area contributed by atoms with Crippen LogP contribution >= 0.6 is 0 Å². The Labute approximate surface area is 150 Å². The molecular weight excluding hydrogens is 328 g/mol. The summed E-state index contributed by atoms with van der Waals surface area (Å²) in [5.74, 6) is 1.27. The number of anilines is 2. The summed E-state index contributed by atoms with van der Waals surface area (Å²) in [4.78, 5) is 14.7. The van der Waals surface area contributed by atoms with Crippen molar-refractivity contribution in [2.45, 2.75) is 0 Å². The number of nitrogens with zero attached hydrogens (tertiary/aromatic N) is 4. The lowest BCUT2D eigenvalue weighted by Crippen LogP contribution is -2.13. The summed E-state index contributed by atoms with van der Waals surface area (Å²) in [5.41, 5.74) is 1.42. The Balaban J connectivity index is 1.77. The monoisotopic (exact) mass is 344 g/mol. The first-order chi connectivity index (χ1) is 12.7. The molecule has 0 saturated carbocycles. The smallest absolute Gasteiger partial charge is 0.233 e. The molecule has 0 aliphatic heterocycles. The molecule has 2 aromatic carbocycles. The molecule has 0 aliphatic rings. The molecule has 0 radical (unpaired) electrons. The number of fused-ring (bicyclic) bond motifs is 1. The fourth-order valence-corrected chi connectivity index (χ4v) is 2.63. The Bertz CT molecular complexity index is 1040. The predicted molar refractivity (Wildman–Crippen MR) is 100 cm³/mol. The zero-order valence-electron chi connectivity index (χ0n) is 14.1. The molecule has 6 nitrogen and oxygen atoms in total. The molecule has 4 aromatic rings. The highest BCUT2D eigenvalue weighted by Gasteiger charge is 2.16. The summed E-state index contributed by atoms with van der Waals surface area (Å²) in [6.07, 6.45) is 3.12. The quantitative estimate of drug-likeness (QED) is 0.595. The van der Waals surface area contributed by atoms with E-state index in [0.717, 1.165) is 5.69 Å². The normalized spacial score (nSPS) is 10.7. The first kappa shape index (κ1) is 15.8. The van der Waals surface area contributed by atoms with Crippen LogP contribution in [0.15, 0.2) is 73.1 Å². The average Bonchev–Trinajstić information content (AvgIpc) is 2.69. The zero-order chi connectivity index (χ0) is 17.9. The summed E-state index contributed by atoms with van der Waals surface area (Å²) in [5, 5.41) is 10.9. The second-order valence-electron chi connectivity index (χ2n) is 5.69. The van der Waals surface area contributed by atoms with E-state index in [1.165, 1.54) is 0 Å². The van der Waals surface area contributed by atoms with Crippen LogP contribution in [0, 0.1) is 0 Å². The SMILES string of the molecule is CN(c1ccccc1)c1nc(O)c2c(Oc3ccccc3)cncc2n1. The maximum atomic E-state index is 10.5. The van der Waals surface area contributed by atoms with Gasteiger partial charge in [-0.25, -0.2) is 4.98 Å². The van der Waals surface area contributed by atoms with E-state index in [-0.39, 0.29) is 5.88 Å². The third-order valence-electron chi connectivity index (χ3n) is 3.96. The van der Waals surface area contributed by atoms with Crippen LogP contribution in [0.4, 0.5) is 11.6 Å². The Morgan fingerprint density at radius 3 is 2.31 bits per heavy atom. The highest BCUT2D eigenvalue weighted by molar-refractivity contribution is 5.89. The number of benzene rings is 2. The van der Waals surface area contributed by atoms with Gasteiger partial charge in [-0.3, -0.25) is 4.98 Å². The van der Waals surface area contributed by atoms with Crippen molar-refractivity contribution in [2.24, 2.45) is 0 Å². The molecule has 6 heteroatoms. The minimum atomic E-state index is -0.152. The Kier molecular flexibility index (Phi) is 4.07. The first-order valence-corrected chi connectivity index (χ1v) is 8.09. The molecular formula is C20H16N4O2. The van der Waals surface area contributed by atoms with Crippen molar-refractivity contribution >= 4 is 22.5 Å². The van der Waals surface area contributed by atoms with E-state index in [2.05, 4.69) is 15.0 Å². The molecule has 0 fully saturated rings. The molecule has 0 bridgehead atoms. The van der Waals surface area contributed by atoms with Crippen LogP contribution in [0.25, 0.3) is 10.9 Å². The lowest BCUT2D eigenvalue weighted by Gasteiger charge is -2.18. The van der Waals surface area contributed by atoms with Crippen molar-refractivity contribution in [1.82, 2.24) is 15.0 Å². The highest BCUT2D eigenvalue weighted by Crippen LogP contribution is 2.35. The van der Waals surface area contributed by atoms with Gasteiger partial charge in [-0.15, -0.1) is 0 Å². The van der Waals surface area contributed by atoms with Gasteiger partial charge in [0, 0.05) is 12.7 Å². The number of ether oxygens (including phenoxy) is 1. The van der Waals surface area contributed by atoms with Gasteiger partial charge in [-0.2, -0.15) is 4.98 Å². The second kappa shape index (κ2) is 6.68. The standard InChI is InChI=1S/C20H16N4O2/c1-24(14-8-4-2-5-9-14)20-22-16-12-21-13-17(18(16)19(25)23-20)26-15-10-6-3-7-11-15/h2-13H,1H3,(H,22,23,25). The number of pyridine rings is 1. The first-order valence-electron chi connectivity index (χ1n) is 8.09. The summed E-state index contributed by atoms with van der Waals surface area (Å²) in [6, 6.07) is 19.0. The summed E-state index contributed by atoms with van der Waals surface area (Å²) in [6.45, 7) is 0. The van der Waals surface area contributed by atoms with Crippen LogP contribution < -0.4 is 9.64 Å². The van der Waals surface area contributed by atoms with E-state index in [1.807, 2.05) is 67.7 Å². The maximum Gasteiger partial charge on any atom is 0.233 e. The predicted octanol–water partition coefficient (Wildman–Crippen LogP) is 4.29. The van der Waals surface area contributed by atoms with E-state index < -0.39 is 0 Å². The number of aromatic hydroxyl groups is 1. The number of para-hydroxylation sites is 2. The lowest BCUT2D eigenvalue weighted by molar-refractivity contribution is 0.450. The maximum absolute atomic E-state index is 10.5. The van der Waals surface area contributed by atoms with Crippen LogP contribution in [0.2, 0.25) is 0 Å². The van der Waals surface area contributed by atoms with E-state index >= 15 is 0 Å². The van der Waals surface area contributed by atoms with Gasteiger partial charge in [-0.1, -0.05) is 36.4 Å². The van der Waals surface area contributed by atoms with Crippen molar-refractivity contribution in [3.8, 4) is 17.4 Å². The molecule has 1 N–H and O–H groups in total. The van der Waals surface area contributed by atoms with Crippen LogP contribution in [0.3, 0.4) is 0 Å². The van der Waals surface area contributed by atoms with E-state index in [4.69, 9.17) is 4.74 Å². The highest BCUT2D eigenvalue weighted by atomic mass is 16.5. The van der Waals surface area contributed by atoms with Crippen LogP contribution in [0.1, 0.15) is 0 Å². The number of rotatable bonds is 4. The molecule has 0 amide bonds. The van der Waals surface area contributed by atoms with Crippen LogP contribution in [-0.2, 0) is 0 Å². The van der Waals surface area contributed by atoms with E-state index in [1.54, 1.807) is 17.3 Å². The molecule has 4 rings (SSSR count). The summed E-state index contributed by atoms with van der Waals surface area (Å²) >= 11 is 0. The van der Waals surface area contributed by atoms with E-state index in [0.29, 0.717) is 28.4 Å². The minimum absolute atomic E-state index is 0.152. The minimum Gasteiger partial charge on any atom is -0.493 e. The topological polar surface area (TPSA) is 71.4 Å². The molecule has 0 atom stereocenters. The van der Waals surface area contributed by atoms with Crippen molar-refractivity contribution < 1.29 is 9.84 Å². The van der Waals surface area contributed by atoms with Crippen molar-refractivity contribution in [3.05, 3.63) is 73.1 Å². The number of hydrogen-bond acceptors (Lipinski definition) is 6. The molecule has 128 valence electrons. The molecule has 0 aliphatic carbocycles. The molecule has 2 aromatic heterocycles.